The van der Waals surface area contributed by atoms with Crippen LogP contribution in [0.5, 0.6) is 0 Å². The van der Waals surface area contributed by atoms with Crippen LogP contribution in [0.4, 0.5) is 0 Å². The second-order valence-corrected chi connectivity index (χ2v) is 6.50. The Bertz CT molecular complexity index is 365. The number of nitrogens with two attached hydrogens (primary N) is 1. The second kappa shape index (κ2) is 6.15. The molecule has 1 amide bonds. The van der Waals surface area contributed by atoms with E-state index >= 15 is 0 Å². The van der Waals surface area contributed by atoms with E-state index in [-0.39, 0.29) is 0 Å². The summed E-state index contributed by atoms with van der Waals surface area (Å²) in [5, 5.41) is -1.02. The average Bonchev–Trinajstić information content (AvgIpc) is 2.15. The summed E-state index contributed by atoms with van der Waals surface area (Å²) < 4.78 is 22.5. The van der Waals surface area contributed by atoms with E-state index in [1.165, 1.54) is 11.8 Å². The molecule has 2 N–H and O–H groups in total. The molecule has 0 bridgehead atoms. The Morgan fingerprint density at radius 1 is 1.50 bits per heavy atom. The normalized spacial score (nSPS) is 13.2. The summed E-state index contributed by atoms with van der Waals surface area (Å²) in [5.74, 6) is -0.402. The zero-order valence-corrected chi connectivity index (χ0v) is 11.4. The molecule has 94 valence electrons. The molecule has 1 atom stereocenters. The molecule has 0 aromatic rings. The van der Waals surface area contributed by atoms with Gasteiger partial charge in [0, 0.05) is 25.8 Å². The molecule has 0 aromatic heterocycles. The quantitative estimate of drug-likeness (QED) is 0.681. The topological polar surface area (TPSA) is 80.5 Å². The fraction of sp³-hybridized carbons (Fsp3) is 0.778. The number of nitrogens with zero attached hydrogens (tertiary/aromatic N) is 1. The number of hydrogen-bond acceptors (Lipinski definition) is 4. The average molecular weight is 266 g/mol. The van der Waals surface area contributed by atoms with Gasteiger partial charge in [-0.05, 0) is 13.8 Å². The van der Waals surface area contributed by atoms with Crippen molar-refractivity contribution in [1.29, 1.82) is 0 Å². The van der Waals surface area contributed by atoms with Crippen molar-refractivity contribution in [1.82, 2.24) is 4.90 Å². The van der Waals surface area contributed by atoms with Gasteiger partial charge in [0.1, 0.15) is 5.25 Å². The van der Waals surface area contributed by atoms with E-state index in [4.69, 9.17) is 18.0 Å². The van der Waals surface area contributed by atoms with Gasteiger partial charge in [-0.3, -0.25) is 4.79 Å². The Morgan fingerprint density at radius 3 is 2.31 bits per heavy atom. The van der Waals surface area contributed by atoms with Crippen LogP contribution in [-0.2, 0) is 14.6 Å². The van der Waals surface area contributed by atoms with Crippen molar-refractivity contribution < 1.29 is 13.2 Å². The van der Waals surface area contributed by atoms with Gasteiger partial charge >= 0.3 is 0 Å². The van der Waals surface area contributed by atoms with Crippen LogP contribution in [-0.4, -0.2) is 48.8 Å². The number of rotatable bonds is 6. The third kappa shape index (κ3) is 4.89. The number of hydrogen-bond donors (Lipinski definition) is 1. The summed E-state index contributed by atoms with van der Waals surface area (Å²) in [6.07, 6.45) is 1.46. The van der Waals surface area contributed by atoms with Crippen molar-refractivity contribution in [2.24, 2.45) is 5.73 Å². The van der Waals surface area contributed by atoms with Gasteiger partial charge in [0.2, 0.25) is 5.91 Å². The van der Waals surface area contributed by atoms with Crippen LogP contribution in [0.2, 0.25) is 0 Å². The summed E-state index contributed by atoms with van der Waals surface area (Å²) in [6, 6.07) is 0. The summed E-state index contributed by atoms with van der Waals surface area (Å²) in [5.41, 5.74) is 5.33. The maximum Gasteiger partial charge on any atom is 0.240 e. The number of thiocarbonyl (C=S) groups is 1. The molecule has 0 aliphatic carbocycles. The monoisotopic (exact) mass is 266 g/mol. The largest absolute Gasteiger partial charge is 0.393 e. The number of carbonyl (C=O) groups excluding carboxylic acids is 1. The molecule has 0 radical (unpaired) electrons. The minimum atomic E-state index is -3.35. The van der Waals surface area contributed by atoms with E-state index in [9.17, 15) is 13.2 Å². The van der Waals surface area contributed by atoms with E-state index in [2.05, 4.69) is 0 Å². The highest BCUT2D eigenvalue weighted by molar-refractivity contribution is 7.92. The van der Waals surface area contributed by atoms with Crippen LogP contribution < -0.4 is 5.73 Å². The third-order valence-electron chi connectivity index (χ3n) is 2.31. The molecule has 0 fully saturated rings. The summed E-state index contributed by atoms with van der Waals surface area (Å²) >= 11 is 4.71. The van der Waals surface area contributed by atoms with Gasteiger partial charge in [-0.25, -0.2) is 8.42 Å². The van der Waals surface area contributed by atoms with Crippen molar-refractivity contribution >= 4 is 33.0 Å². The first-order chi connectivity index (χ1) is 7.20. The molecule has 0 heterocycles. The van der Waals surface area contributed by atoms with Crippen molar-refractivity contribution in [3.05, 3.63) is 0 Å². The number of sulfone groups is 1. The number of amides is 1. The second-order valence-electron chi connectivity index (χ2n) is 3.61. The fourth-order valence-electron chi connectivity index (χ4n) is 1.11. The molecule has 1 unspecified atom stereocenters. The molecule has 0 aliphatic rings. The van der Waals surface area contributed by atoms with Crippen LogP contribution in [0, 0.1) is 0 Å². The molecular formula is C9H18N2O3S2. The lowest BCUT2D eigenvalue weighted by molar-refractivity contribution is -0.130. The molecular weight excluding hydrogens is 248 g/mol. The highest BCUT2D eigenvalue weighted by Gasteiger charge is 2.27. The maximum absolute atomic E-state index is 11.8. The SMILES string of the molecule is CCN(CCC(N)=S)C(=O)C(C)S(C)(=O)=O. The Hall–Kier alpha value is -0.690. The minimum Gasteiger partial charge on any atom is -0.393 e. The van der Waals surface area contributed by atoms with Crippen molar-refractivity contribution in [3.8, 4) is 0 Å². The predicted molar refractivity (Wildman–Crippen MR) is 68.0 cm³/mol. The first kappa shape index (κ1) is 15.3. The Kier molecular flexibility index (Phi) is 5.88. The molecule has 5 nitrogen and oxygen atoms in total. The van der Waals surface area contributed by atoms with Crippen LogP contribution >= 0.6 is 12.2 Å². The highest BCUT2D eigenvalue weighted by atomic mass is 32.2. The van der Waals surface area contributed by atoms with Gasteiger partial charge < -0.3 is 10.6 Å². The lowest BCUT2D eigenvalue weighted by atomic mass is 10.3. The molecule has 0 saturated carbocycles. The first-order valence-electron chi connectivity index (χ1n) is 4.96. The predicted octanol–water partition coefficient (Wildman–Crippen LogP) is -0.0558. The lowest BCUT2D eigenvalue weighted by Crippen LogP contribution is -2.42. The van der Waals surface area contributed by atoms with E-state index < -0.39 is 21.0 Å². The van der Waals surface area contributed by atoms with E-state index in [1.54, 1.807) is 6.92 Å². The highest BCUT2D eigenvalue weighted by Crippen LogP contribution is 2.05. The lowest BCUT2D eigenvalue weighted by Gasteiger charge is -2.23. The summed E-state index contributed by atoms with van der Waals surface area (Å²) in [6.45, 7) is 3.99. The maximum atomic E-state index is 11.8. The van der Waals surface area contributed by atoms with E-state index in [1.807, 2.05) is 0 Å². The Labute approximate surface area is 102 Å². The Balaban J connectivity index is 4.60. The van der Waals surface area contributed by atoms with Crippen molar-refractivity contribution in [3.63, 3.8) is 0 Å². The van der Waals surface area contributed by atoms with E-state index in [0.29, 0.717) is 24.5 Å². The smallest absolute Gasteiger partial charge is 0.240 e. The zero-order valence-electron chi connectivity index (χ0n) is 9.76. The molecule has 0 aliphatic heterocycles. The van der Waals surface area contributed by atoms with Crippen LogP contribution in [0.25, 0.3) is 0 Å². The third-order valence-corrected chi connectivity index (χ3v) is 4.00. The first-order valence-corrected chi connectivity index (χ1v) is 7.32. The van der Waals surface area contributed by atoms with Gasteiger partial charge in [-0.15, -0.1) is 0 Å². The summed E-state index contributed by atoms with van der Waals surface area (Å²) in [4.78, 5) is 13.6. The number of carbonyl (C=O) groups is 1. The molecule has 0 rings (SSSR count). The van der Waals surface area contributed by atoms with Crippen molar-refractivity contribution in [2.45, 2.75) is 25.5 Å². The van der Waals surface area contributed by atoms with Crippen LogP contribution in [0.3, 0.4) is 0 Å². The molecule has 0 saturated heterocycles. The minimum absolute atomic E-state index is 0.318. The van der Waals surface area contributed by atoms with Crippen molar-refractivity contribution in [2.75, 3.05) is 19.3 Å². The molecule has 16 heavy (non-hydrogen) atoms. The Morgan fingerprint density at radius 2 is 2.00 bits per heavy atom. The summed E-state index contributed by atoms with van der Waals surface area (Å²) in [7, 11) is -3.35. The molecule has 0 aromatic carbocycles. The van der Waals surface area contributed by atoms with Gasteiger partial charge in [-0.1, -0.05) is 12.2 Å². The van der Waals surface area contributed by atoms with Gasteiger partial charge in [-0.2, -0.15) is 0 Å². The van der Waals surface area contributed by atoms with E-state index in [0.717, 1.165) is 6.26 Å². The van der Waals surface area contributed by atoms with Gasteiger partial charge in [0.15, 0.2) is 9.84 Å². The van der Waals surface area contributed by atoms with Gasteiger partial charge in [0.05, 0.1) is 4.99 Å². The standard InChI is InChI=1S/C9H18N2O3S2/c1-4-11(6-5-8(10)15)9(12)7(2)16(3,13)14/h7H,4-6H2,1-3H3,(H2,10,15). The van der Waals surface area contributed by atoms with Crippen LogP contribution in [0.15, 0.2) is 0 Å². The zero-order chi connectivity index (χ0) is 12.9. The van der Waals surface area contributed by atoms with Crippen LogP contribution in [0.1, 0.15) is 20.3 Å². The molecule has 7 heteroatoms. The fourth-order valence-corrected chi connectivity index (χ4v) is 1.72. The molecule has 0 spiro atoms. The van der Waals surface area contributed by atoms with Gasteiger partial charge in [0.25, 0.3) is 0 Å².